The first kappa shape index (κ1) is 9.95. The van der Waals surface area contributed by atoms with Gasteiger partial charge in [0.05, 0.1) is 5.92 Å². The van der Waals surface area contributed by atoms with Crippen molar-refractivity contribution in [3.05, 3.63) is 0 Å². The van der Waals surface area contributed by atoms with Gasteiger partial charge in [0.1, 0.15) is 0 Å². The molecule has 0 rings (SSSR count). The average Bonchev–Trinajstić information content (AvgIpc) is 1.81. The molecule has 1 N–H and O–H groups in total. The Morgan fingerprint density at radius 3 is 2.30 bits per heavy atom. The van der Waals surface area contributed by atoms with Gasteiger partial charge in [-0.15, -0.1) is 0 Å². The molecule has 0 saturated carbocycles. The fourth-order valence-electron chi connectivity index (χ4n) is 0.861. The third-order valence-corrected chi connectivity index (χ3v) is 2.11. The van der Waals surface area contributed by atoms with Crippen molar-refractivity contribution >= 4 is 21.9 Å². The monoisotopic (exact) mass is 208 g/mol. The van der Waals surface area contributed by atoms with Crippen LogP contribution in [0, 0.1) is 5.92 Å². The molecule has 0 fully saturated rings. The number of hydrogen-bond donors (Lipinski definition) is 1. The predicted octanol–water partition coefficient (Wildman–Crippen LogP) is 2.27. The molecule has 60 valence electrons. The number of carbonyl (C=O) groups is 1. The van der Waals surface area contributed by atoms with Crippen molar-refractivity contribution in [2.75, 3.05) is 0 Å². The van der Waals surface area contributed by atoms with Crippen molar-refractivity contribution in [1.29, 1.82) is 0 Å². The highest BCUT2D eigenvalue weighted by atomic mass is 79.9. The first-order valence-electron chi connectivity index (χ1n) is 3.46. The van der Waals surface area contributed by atoms with E-state index in [1.54, 1.807) is 0 Å². The Hall–Kier alpha value is -0.0500. The van der Waals surface area contributed by atoms with Crippen LogP contribution < -0.4 is 0 Å². The summed E-state index contributed by atoms with van der Waals surface area (Å²) in [5, 5.41) is 8.64. The van der Waals surface area contributed by atoms with Gasteiger partial charge < -0.3 is 5.11 Å². The summed E-state index contributed by atoms with van der Waals surface area (Å²) >= 11 is 3.26. The summed E-state index contributed by atoms with van der Waals surface area (Å²) in [6.07, 6.45) is 1.68. The van der Waals surface area contributed by atoms with Gasteiger partial charge in [-0.1, -0.05) is 36.2 Å². The quantitative estimate of drug-likeness (QED) is 0.721. The zero-order chi connectivity index (χ0) is 8.15. The zero-order valence-corrected chi connectivity index (χ0v) is 7.89. The molecule has 0 bridgehead atoms. The maximum atomic E-state index is 10.5. The average molecular weight is 209 g/mol. The number of hydrogen-bond acceptors (Lipinski definition) is 1. The van der Waals surface area contributed by atoms with Gasteiger partial charge in [-0.3, -0.25) is 4.79 Å². The minimum atomic E-state index is -0.703. The van der Waals surface area contributed by atoms with Crippen molar-refractivity contribution in [1.82, 2.24) is 0 Å². The molecule has 0 aliphatic carbocycles. The van der Waals surface area contributed by atoms with E-state index < -0.39 is 5.97 Å². The first-order chi connectivity index (χ1) is 4.59. The van der Waals surface area contributed by atoms with E-state index >= 15 is 0 Å². The van der Waals surface area contributed by atoms with Crippen LogP contribution in [0.25, 0.3) is 0 Å². The second-order valence-corrected chi connectivity index (χ2v) is 3.86. The Kier molecular flexibility index (Phi) is 4.69. The molecule has 0 aliphatic rings. The molecule has 0 aromatic carbocycles. The summed E-state index contributed by atoms with van der Waals surface area (Å²) in [7, 11) is 0. The Labute approximate surface area is 69.8 Å². The van der Waals surface area contributed by atoms with Crippen molar-refractivity contribution in [3.63, 3.8) is 0 Å². The predicted molar refractivity (Wildman–Crippen MR) is 44.4 cm³/mol. The molecule has 3 heteroatoms. The summed E-state index contributed by atoms with van der Waals surface area (Å²) in [5.74, 6) is -0.934. The summed E-state index contributed by atoms with van der Waals surface area (Å²) < 4.78 is 0. The second-order valence-electron chi connectivity index (χ2n) is 2.41. The Morgan fingerprint density at radius 2 is 2.20 bits per heavy atom. The van der Waals surface area contributed by atoms with Crippen LogP contribution in [-0.2, 0) is 4.79 Å². The van der Waals surface area contributed by atoms with E-state index in [1.165, 1.54) is 0 Å². The molecule has 0 aromatic rings. The summed E-state index contributed by atoms with van der Waals surface area (Å²) in [4.78, 5) is 10.6. The number of alkyl halides is 1. The lowest BCUT2D eigenvalue weighted by molar-refractivity contribution is -0.141. The van der Waals surface area contributed by atoms with E-state index in [2.05, 4.69) is 15.9 Å². The molecule has 2 nitrogen and oxygen atoms in total. The Morgan fingerprint density at radius 1 is 1.70 bits per heavy atom. The molecule has 0 radical (unpaired) electrons. The van der Waals surface area contributed by atoms with Gasteiger partial charge in [0, 0.05) is 4.83 Å². The zero-order valence-electron chi connectivity index (χ0n) is 6.30. The third-order valence-electron chi connectivity index (χ3n) is 1.47. The van der Waals surface area contributed by atoms with Gasteiger partial charge in [-0.2, -0.15) is 0 Å². The molecule has 0 heterocycles. The highest BCUT2D eigenvalue weighted by Crippen LogP contribution is 2.17. The fraction of sp³-hybridized carbons (Fsp3) is 0.857. The van der Waals surface area contributed by atoms with Crippen LogP contribution in [0.1, 0.15) is 26.7 Å². The van der Waals surface area contributed by atoms with E-state index in [9.17, 15) is 4.79 Å². The molecular formula is C7H13BrO2. The number of carboxylic acids is 1. The normalized spacial score (nSPS) is 16.3. The van der Waals surface area contributed by atoms with Crippen LogP contribution in [0.5, 0.6) is 0 Å². The van der Waals surface area contributed by atoms with Crippen LogP contribution in [-0.4, -0.2) is 15.9 Å². The van der Waals surface area contributed by atoms with Gasteiger partial charge in [0.25, 0.3) is 0 Å². The lowest BCUT2D eigenvalue weighted by atomic mass is 10.0. The standard InChI is InChI=1S/C7H13BrO2/c1-3-4-6(5(2)8)7(9)10/h5-6H,3-4H2,1-2H3,(H,9,10). The molecule has 0 saturated heterocycles. The first-order valence-corrected chi connectivity index (χ1v) is 4.38. The number of rotatable bonds is 4. The molecule has 0 aromatic heterocycles. The molecular weight excluding hydrogens is 196 g/mol. The topological polar surface area (TPSA) is 37.3 Å². The van der Waals surface area contributed by atoms with E-state index in [4.69, 9.17) is 5.11 Å². The summed E-state index contributed by atoms with van der Waals surface area (Å²) in [6.45, 7) is 3.86. The van der Waals surface area contributed by atoms with E-state index in [-0.39, 0.29) is 10.7 Å². The van der Waals surface area contributed by atoms with Gasteiger partial charge in [-0.05, 0) is 6.42 Å². The lowest BCUT2D eigenvalue weighted by Crippen LogP contribution is -2.21. The van der Waals surface area contributed by atoms with Gasteiger partial charge in [0.15, 0.2) is 0 Å². The largest absolute Gasteiger partial charge is 0.481 e. The number of halogens is 1. The minimum Gasteiger partial charge on any atom is -0.481 e. The van der Waals surface area contributed by atoms with Crippen LogP contribution in [0.4, 0.5) is 0 Å². The van der Waals surface area contributed by atoms with Crippen molar-refractivity contribution in [3.8, 4) is 0 Å². The van der Waals surface area contributed by atoms with Gasteiger partial charge >= 0.3 is 5.97 Å². The Balaban J connectivity index is 3.85. The van der Waals surface area contributed by atoms with E-state index in [0.717, 1.165) is 12.8 Å². The third kappa shape index (κ3) is 3.20. The number of aliphatic carboxylic acids is 1. The maximum absolute atomic E-state index is 10.5. The molecule has 0 aliphatic heterocycles. The van der Waals surface area contributed by atoms with Gasteiger partial charge in [0.2, 0.25) is 0 Å². The molecule has 10 heavy (non-hydrogen) atoms. The molecule has 2 atom stereocenters. The molecule has 0 amide bonds. The van der Waals surface area contributed by atoms with Crippen LogP contribution in [0.15, 0.2) is 0 Å². The fourth-order valence-corrected chi connectivity index (χ4v) is 1.35. The van der Waals surface area contributed by atoms with Crippen molar-refractivity contribution in [2.24, 2.45) is 5.92 Å². The molecule has 2 unspecified atom stereocenters. The van der Waals surface area contributed by atoms with E-state index in [1.807, 2.05) is 13.8 Å². The Bertz CT molecular complexity index is 112. The second kappa shape index (κ2) is 4.72. The highest BCUT2D eigenvalue weighted by molar-refractivity contribution is 9.09. The minimum absolute atomic E-state index is 0.0740. The number of carboxylic acid groups (broad SMARTS) is 1. The van der Waals surface area contributed by atoms with E-state index in [0.29, 0.717) is 0 Å². The summed E-state index contributed by atoms with van der Waals surface area (Å²) in [5.41, 5.74) is 0. The van der Waals surface area contributed by atoms with Crippen LogP contribution in [0.3, 0.4) is 0 Å². The molecule has 0 spiro atoms. The maximum Gasteiger partial charge on any atom is 0.307 e. The van der Waals surface area contributed by atoms with Crippen molar-refractivity contribution in [2.45, 2.75) is 31.5 Å². The SMILES string of the molecule is CCCC(C(=O)O)C(C)Br. The smallest absolute Gasteiger partial charge is 0.307 e. The van der Waals surface area contributed by atoms with Crippen molar-refractivity contribution < 1.29 is 9.90 Å². The lowest BCUT2D eigenvalue weighted by Gasteiger charge is -2.12. The van der Waals surface area contributed by atoms with Crippen LogP contribution in [0.2, 0.25) is 0 Å². The van der Waals surface area contributed by atoms with Crippen LogP contribution >= 0.6 is 15.9 Å². The summed E-state index contributed by atoms with van der Waals surface area (Å²) in [6, 6.07) is 0. The van der Waals surface area contributed by atoms with Gasteiger partial charge in [-0.25, -0.2) is 0 Å². The highest BCUT2D eigenvalue weighted by Gasteiger charge is 2.20.